The van der Waals surface area contributed by atoms with Crippen molar-refractivity contribution in [1.29, 1.82) is 0 Å². The fraction of sp³-hybridized carbons (Fsp3) is 0.647. The Morgan fingerprint density at radius 3 is 3.26 bits per heavy atom. The minimum Gasteiger partial charge on any atom is -0.491 e. The SMILES string of the molecule is COCC(=O)N1CCC2OCCCC2(COc2cccnc2)C1. The summed E-state index contributed by atoms with van der Waals surface area (Å²) in [7, 11) is 1.55. The Bertz CT molecular complexity index is 525. The lowest BCUT2D eigenvalue weighted by molar-refractivity contribution is -0.160. The van der Waals surface area contributed by atoms with Crippen LogP contribution >= 0.6 is 0 Å². The maximum absolute atomic E-state index is 12.2. The first-order chi connectivity index (χ1) is 11.2. The average Bonchev–Trinajstić information content (AvgIpc) is 2.60. The number of amides is 1. The Morgan fingerprint density at radius 2 is 2.48 bits per heavy atom. The molecule has 2 saturated heterocycles. The van der Waals surface area contributed by atoms with Crippen molar-refractivity contribution in [3.8, 4) is 5.75 Å². The van der Waals surface area contributed by atoms with Crippen LogP contribution in [0.4, 0.5) is 0 Å². The molecule has 0 spiro atoms. The van der Waals surface area contributed by atoms with E-state index in [0.717, 1.165) is 38.2 Å². The van der Waals surface area contributed by atoms with Gasteiger partial charge in [-0.3, -0.25) is 9.78 Å². The molecule has 0 aromatic carbocycles. The smallest absolute Gasteiger partial charge is 0.248 e. The summed E-state index contributed by atoms with van der Waals surface area (Å²) < 4.78 is 17.0. The fourth-order valence-corrected chi connectivity index (χ4v) is 3.59. The van der Waals surface area contributed by atoms with Crippen molar-refractivity contribution in [2.45, 2.75) is 25.4 Å². The van der Waals surface area contributed by atoms with Gasteiger partial charge in [0.05, 0.1) is 18.9 Å². The quantitative estimate of drug-likeness (QED) is 0.823. The molecule has 6 heteroatoms. The number of methoxy groups -OCH3 is 1. The number of rotatable bonds is 5. The molecule has 126 valence electrons. The Hall–Kier alpha value is -1.66. The number of hydrogen-bond donors (Lipinski definition) is 0. The molecule has 0 bridgehead atoms. The lowest BCUT2D eigenvalue weighted by atomic mass is 9.73. The van der Waals surface area contributed by atoms with Crippen LogP contribution in [0.2, 0.25) is 0 Å². The molecule has 1 aromatic heterocycles. The van der Waals surface area contributed by atoms with Crippen LogP contribution in [0.5, 0.6) is 5.75 Å². The highest BCUT2D eigenvalue weighted by Gasteiger charge is 2.47. The molecule has 2 fully saturated rings. The van der Waals surface area contributed by atoms with E-state index in [1.165, 1.54) is 0 Å². The Labute approximate surface area is 136 Å². The fourth-order valence-electron chi connectivity index (χ4n) is 3.59. The Morgan fingerprint density at radius 1 is 1.57 bits per heavy atom. The lowest BCUT2D eigenvalue weighted by Gasteiger charge is -2.50. The number of fused-ring (bicyclic) bond motifs is 1. The third kappa shape index (κ3) is 3.64. The van der Waals surface area contributed by atoms with Crippen LogP contribution in [0.15, 0.2) is 24.5 Å². The maximum Gasteiger partial charge on any atom is 0.248 e. The summed E-state index contributed by atoms with van der Waals surface area (Å²) >= 11 is 0. The summed E-state index contributed by atoms with van der Waals surface area (Å²) in [5.41, 5.74) is -0.143. The lowest BCUT2D eigenvalue weighted by Crippen LogP contribution is -2.58. The van der Waals surface area contributed by atoms with E-state index in [4.69, 9.17) is 14.2 Å². The molecule has 23 heavy (non-hydrogen) atoms. The van der Waals surface area contributed by atoms with Crippen molar-refractivity contribution in [3.05, 3.63) is 24.5 Å². The largest absolute Gasteiger partial charge is 0.491 e. The van der Waals surface area contributed by atoms with Gasteiger partial charge in [-0.15, -0.1) is 0 Å². The molecule has 2 unspecified atom stereocenters. The van der Waals surface area contributed by atoms with E-state index < -0.39 is 0 Å². The molecule has 2 aliphatic rings. The summed E-state index contributed by atoms with van der Waals surface area (Å²) in [4.78, 5) is 18.2. The predicted molar refractivity (Wildman–Crippen MR) is 84.2 cm³/mol. The van der Waals surface area contributed by atoms with Crippen LogP contribution in [0.3, 0.4) is 0 Å². The van der Waals surface area contributed by atoms with Crippen LogP contribution < -0.4 is 4.74 Å². The average molecular weight is 320 g/mol. The van der Waals surface area contributed by atoms with Gasteiger partial charge in [0.15, 0.2) is 0 Å². The number of likely N-dealkylation sites (tertiary alicyclic amines) is 1. The minimum absolute atomic E-state index is 0.0391. The topological polar surface area (TPSA) is 60.9 Å². The van der Waals surface area contributed by atoms with Crippen molar-refractivity contribution in [2.75, 3.05) is 40.0 Å². The van der Waals surface area contributed by atoms with Gasteiger partial charge in [0.2, 0.25) is 5.91 Å². The normalized spacial score (nSPS) is 27.3. The molecule has 2 aliphatic heterocycles. The predicted octanol–water partition coefficient (Wildman–Crippen LogP) is 1.50. The van der Waals surface area contributed by atoms with Crippen molar-refractivity contribution in [2.24, 2.45) is 5.41 Å². The maximum atomic E-state index is 12.2. The highest BCUT2D eigenvalue weighted by Crippen LogP contribution is 2.40. The van der Waals surface area contributed by atoms with Gasteiger partial charge in [-0.1, -0.05) is 0 Å². The van der Waals surface area contributed by atoms with E-state index in [-0.39, 0.29) is 24.0 Å². The summed E-state index contributed by atoms with van der Waals surface area (Å²) in [6.07, 6.45) is 6.45. The van der Waals surface area contributed by atoms with Gasteiger partial charge in [0.1, 0.15) is 12.4 Å². The van der Waals surface area contributed by atoms with Crippen molar-refractivity contribution in [3.63, 3.8) is 0 Å². The molecule has 3 heterocycles. The highest BCUT2D eigenvalue weighted by molar-refractivity contribution is 5.77. The van der Waals surface area contributed by atoms with Crippen LogP contribution in [0.1, 0.15) is 19.3 Å². The number of piperidine rings is 1. The van der Waals surface area contributed by atoms with Crippen LogP contribution in [-0.4, -0.2) is 61.9 Å². The first-order valence-corrected chi connectivity index (χ1v) is 8.15. The number of aromatic nitrogens is 1. The molecule has 1 aromatic rings. The number of carbonyl (C=O) groups is 1. The second-order valence-electron chi connectivity index (χ2n) is 6.34. The molecule has 6 nitrogen and oxygen atoms in total. The molecule has 1 amide bonds. The van der Waals surface area contributed by atoms with E-state index >= 15 is 0 Å². The van der Waals surface area contributed by atoms with Gasteiger partial charge >= 0.3 is 0 Å². The van der Waals surface area contributed by atoms with E-state index in [2.05, 4.69) is 4.98 Å². The van der Waals surface area contributed by atoms with E-state index in [1.807, 2.05) is 17.0 Å². The van der Waals surface area contributed by atoms with Crippen LogP contribution in [0.25, 0.3) is 0 Å². The first kappa shape index (κ1) is 16.2. The van der Waals surface area contributed by atoms with E-state index in [1.54, 1.807) is 19.5 Å². The number of hydrogen-bond acceptors (Lipinski definition) is 5. The summed E-state index contributed by atoms with van der Waals surface area (Å²) in [6, 6.07) is 3.76. The third-order valence-corrected chi connectivity index (χ3v) is 4.77. The van der Waals surface area contributed by atoms with Crippen molar-refractivity contribution in [1.82, 2.24) is 9.88 Å². The molecule has 0 aliphatic carbocycles. The van der Waals surface area contributed by atoms with Crippen molar-refractivity contribution < 1.29 is 19.0 Å². The summed E-state index contributed by atoms with van der Waals surface area (Å²) in [6.45, 7) is 2.86. The number of carbonyl (C=O) groups excluding carboxylic acids is 1. The van der Waals surface area contributed by atoms with Gasteiger partial charge < -0.3 is 19.1 Å². The molecular formula is C17H24N2O4. The van der Waals surface area contributed by atoms with Gasteiger partial charge in [0, 0.05) is 38.4 Å². The van der Waals surface area contributed by atoms with Crippen LogP contribution in [0, 0.1) is 5.41 Å². The van der Waals surface area contributed by atoms with E-state index in [9.17, 15) is 4.79 Å². The minimum atomic E-state index is -0.143. The molecule has 0 radical (unpaired) electrons. The number of pyridine rings is 1. The van der Waals surface area contributed by atoms with Crippen LogP contribution in [-0.2, 0) is 14.3 Å². The van der Waals surface area contributed by atoms with Gasteiger partial charge in [-0.25, -0.2) is 0 Å². The summed E-state index contributed by atoms with van der Waals surface area (Å²) in [5.74, 6) is 0.795. The first-order valence-electron chi connectivity index (χ1n) is 8.15. The van der Waals surface area contributed by atoms with Gasteiger partial charge in [0.25, 0.3) is 0 Å². The number of nitrogens with zero attached hydrogens (tertiary/aromatic N) is 2. The molecule has 0 N–H and O–H groups in total. The second-order valence-corrected chi connectivity index (χ2v) is 6.34. The Balaban J connectivity index is 1.71. The van der Waals surface area contributed by atoms with Crippen molar-refractivity contribution >= 4 is 5.91 Å². The van der Waals surface area contributed by atoms with E-state index in [0.29, 0.717) is 13.2 Å². The Kier molecular flexibility index (Phi) is 5.13. The molecular weight excluding hydrogens is 296 g/mol. The zero-order valence-corrected chi connectivity index (χ0v) is 13.6. The molecule has 0 saturated carbocycles. The number of ether oxygens (including phenoxy) is 3. The molecule has 2 atom stereocenters. The zero-order chi connectivity index (χ0) is 16.1. The van der Waals surface area contributed by atoms with Gasteiger partial charge in [-0.05, 0) is 31.4 Å². The molecule has 3 rings (SSSR count). The highest BCUT2D eigenvalue weighted by atomic mass is 16.5. The third-order valence-electron chi connectivity index (χ3n) is 4.77. The second kappa shape index (κ2) is 7.27. The summed E-state index contributed by atoms with van der Waals surface area (Å²) in [5, 5.41) is 0. The standard InChI is InChI=1S/C17H24N2O4/c1-21-11-16(20)19-8-5-15-17(12-19,6-3-9-22-15)13-23-14-4-2-7-18-10-14/h2,4,7,10,15H,3,5-6,8-9,11-13H2,1H3. The van der Waals surface area contributed by atoms with Gasteiger partial charge in [-0.2, -0.15) is 0 Å². The monoisotopic (exact) mass is 320 g/mol. The zero-order valence-electron chi connectivity index (χ0n) is 13.6.